The predicted molar refractivity (Wildman–Crippen MR) is 79.5 cm³/mol. The Balaban J connectivity index is 1.87. The number of anilines is 1. The molecule has 0 aliphatic carbocycles. The molecule has 0 atom stereocenters. The van der Waals surface area contributed by atoms with Crippen LogP contribution in [0.2, 0.25) is 0 Å². The number of nitrogens with one attached hydrogen (secondary N) is 1. The van der Waals surface area contributed by atoms with E-state index in [1.807, 2.05) is 49.1 Å². The van der Waals surface area contributed by atoms with E-state index in [4.69, 9.17) is 0 Å². The number of nitrogens with zero attached hydrogens (tertiary/aromatic N) is 4. The van der Waals surface area contributed by atoms with Crippen molar-refractivity contribution in [1.29, 1.82) is 0 Å². The zero-order valence-corrected chi connectivity index (χ0v) is 11.9. The van der Waals surface area contributed by atoms with Crippen LogP contribution >= 0.6 is 0 Å². The zero-order chi connectivity index (χ0) is 14.1. The molecule has 2 heterocycles. The molecule has 2 aromatic heterocycles. The minimum atomic E-state index is 0.702. The first-order chi connectivity index (χ1) is 9.65. The second kappa shape index (κ2) is 4.92. The van der Waals surface area contributed by atoms with Gasteiger partial charge in [-0.05, 0) is 26.0 Å². The van der Waals surface area contributed by atoms with Crippen LogP contribution in [-0.2, 0) is 13.6 Å². The number of benzene rings is 1. The van der Waals surface area contributed by atoms with E-state index in [1.54, 1.807) is 0 Å². The molecule has 1 aromatic carbocycles. The fourth-order valence-corrected chi connectivity index (χ4v) is 2.15. The summed E-state index contributed by atoms with van der Waals surface area (Å²) in [5.41, 5.74) is 5.06. The van der Waals surface area contributed by atoms with Crippen LogP contribution in [0.4, 0.5) is 5.82 Å². The van der Waals surface area contributed by atoms with Crippen LogP contribution < -0.4 is 5.32 Å². The second-order valence-corrected chi connectivity index (χ2v) is 4.88. The van der Waals surface area contributed by atoms with Crippen molar-refractivity contribution in [3.8, 4) is 0 Å². The van der Waals surface area contributed by atoms with Crippen LogP contribution in [0.25, 0.3) is 11.0 Å². The molecule has 1 N–H and O–H groups in total. The largest absolute Gasteiger partial charge is 0.364 e. The Kier molecular flexibility index (Phi) is 3.10. The molecule has 0 saturated heterocycles. The van der Waals surface area contributed by atoms with Crippen molar-refractivity contribution >= 4 is 16.9 Å². The SMILES string of the molecule is Cc1nc2ccccc2nc1NCc1cnn(C)c1C. The number of rotatable bonds is 3. The first kappa shape index (κ1) is 12.6. The number of aryl methyl sites for hydroxylation is 2. The lowest BCUT2D eigenvalue weighted by molar-refractivity contribution is 0.738. The van der Waals surface area contributed by atoms with E-state index in [9.17, 15) is 0 Å². The van der Waals surface area contributed by atoms with Gasteiger partial charge in [0.25, 0.3) is 0 Å². The quantitative estimate of drug-likeness (QED) is 0.792. The van der Waals surface area contributed by atoms with Crippen molar-refractivity contribution < 1.29 is 0 Å². The third kappa shape index (κ3) is 2.22. The van der Waals surface area contributed by atoms with E-state index >= 15 is 0 Å². The van der Waals surface area contributed by atoms with Gasteiger partial charge in [0.15, 0.2) is 0 Å². The van der Waals surface area contributed by atoms with Gasteiger partial charge in [0.2, 0.25) is 0 Å². The Morgan fingerprint density at radius 3 is 2.45 bits per heavy atom. The van der Waals surface area contributed by atoms with Gasteiger partial charge in [-0.3, -0.25) is 4.68 Å². The Hall–Kier alpha value is -2.43. The van der Waals surface area contributed by atoms with E-state index in [0.29, 0.717) is 6.54 Å². The smallest absolute Gasteiger partial charge is 0.148 e. The van der Waals surface area contributed by atoms with Crippen molar-refractivity contribution in [2.75, 3.05) is 5.32 Å². The summed E-state index contributed by atoms with van der Waals surface area (Å²) in [5.74, 6) is 0.826. The summed E-state index contributed by atoms with van der Waals surface area (Å²) >= 11 is 0. The molecule has 0 aliphatic heterocycles. The van der Waals surface area contributed by atoms with Gasteiger partial charge < -0.3 is 5.32 Å². The Bertz CT molecular complexity index is 760. The highest BCUT2D eigenvalue weighted by molar-refractivity contribution is 5.76. The third-order valence-electron chi connectivity index (χ3n) is 3.53. The van der Waals surface area contributed by atoms with Crippen LogP contribution in [0.3, 0.4) is 0 Å². The molecule has 3 aromatic rings. The van der Waals surface area contributed by atoms with E-state index in [1.165, 1.54) is 5.56 Å². The molecule has 20 heavy (non-hydrogen) atoms. The minimum Gasteiger partial charge on any atom is -0.364 e. The lowest BCUT2D eigenvalue weighted by atomic mass is 10.2. The Morgan fingerprint density at radius 2 is 1.80 bits per heavy atom. The summed E-state index contributed by atoms with van der Waals surface area (Å²) in [4.78, 5) is 9.20. The highest BCUT2D eigenvalue weighted by Crippen LogP contribution is 2.17. The maximum atomic E-state index is 4.63. The summed E-state index contributed by atoms with van der Waals surface area (Å²) in [6.45, 7) is 4.73. The molecule has 0 fully saturated rings. The molecular formula is C15H17N5. The highest BCUT2D eigenvalue weighted by atomic mass is 15.3. The fraction of sp³-hybridized carbons (Fsp3) is 0.267. The van der Waals surface area contributed by atoms with Crippen LogP contribution in [-0.4, -0.2) is 19.7 Å². The summed E-state index contributed by atoms with van der Waals surface area (Å²) in [7, 11) is 1.94. The summed E-state index contributed by atoms with van der Waals surface area (Å²) in [5, 5.41) is 7.59. The second-order valence-electron chi connectivity index (χ2n) is 4.88. The standard InChI is InChI=1S/C15H17N5/c1-10-15(16-8-12-9-17-20(3)11(12)2)19-14-7-5-4-6-13(14)18-10/h4-7,9H,8H2,1-3H3,(H,16,19). The molecule has 0 bridgehead atoms. The molecular weight excluding hydrogens is 250 g/mol. The number of hydrogen-bond donors (Lipinski definition) is 1. The highest BCUT2D eigenvalue weighted by Gasteiger charge is 2.07. The summed E-state index contributed by atoms with van der Waals surface area (Å²) in [6, 6.07) is 7.90. The number of aromatic nitrogens is 4. The van der Waals surface area contributed by atoms with E-state index < -0.39 is 0 Å². The minimum absolute atomic E-state index is 0.702. The van der Waals surface area contributed by atoms with Crippen molar-refractivity contribution in [3.05, 3.63) is 47.4 Å². The molecule has 0 saturated carbocycles. The van der Waals surface area contributed by atoms with Gasteiger partial charge in [0.05, 0.1) is 22.9 Å². The molecule has 5 nitrogen and oxygen atoms in total. The normalized spacial score (nSPS) is 10.9. The average molecular weight is 267 g/mol. The van der Waals surface area contributed by atoms with Crippen LogP contribution in [0.15, 0.2) is 30.5 Å². The third-order valence-corrected chi connectivity index (χ3v) is 3.53. The molecule has 0 amide bonds. The maximum absolute atomic E-state index is 4.63. The zero-order valence-electron chi connectivity index (χ0n) is 11.9. The van der Waals surface area contributed by atoms with Crippen molar-refractivity contribution in [2.24, 2.45) is 7.05 Å². The average Bonchev–Trinajstić information content (AvgIpc) is 2.76. The molecule has 102 valence electrons. The van der Waals surface area contributed by atoms with E-state index in [2.05, 4.69) is 27.3 Å². The number of para-hydroxylation sites is 2. The lowest BCUT2D eigenvalue weighted by Crippen LogP contribution is -2.06. The van der Waals surface area contributed by atoms with Gasteiger partial charge >= 0.3 is 0 Å². The van der Waals surface area contributed by atoms with Gasteiger partial charge in [-0.2, -0.15) is 5.10 Å². The molecule has 0 aliphatic rings. The van der Waals surface area contributed by atoms with Gasteiger partial charge in [-0.1, -0.05) is 12.1 Å². The summed E-state index contributed by atoms with van der Waals surface area (Å²) < 4.78 is 1.87. The van der Waals surface area contributed by atoms with Gasteiger partial charge in [0, 0.05) is 24.8 Å². The molecule has 0 unspecified atom stereocenters. The van der Waals surface area contributed by atoms with Crippen LogP contribution in [0.5, 0.6) is 0 Å². The monoisotopic (exact) mass is 267 g/mol. The molecule has 0 radical (unpaired) electrons. The van der Waals surface area contributed by atoms with Gasteiger partial charge in [-0.15, -0.1) is 0 Å². The van der Waals surface area contributed by atoms with Crippen molar-refractivity contribution in [2.45, 2.75) is 20.4 Å². The predicted octanol–water partition coefficient (Wildman–Crippen LogP) is 2.59. The maximum Gasteiger partial charge on any atom is 0.148 e. The van der Waals surface area contributed by atoms with E-state index in [-0.39, 0.29) is 0 Å². The first-order valence-corrected chi connectivity index (χ1v) is 6.60. The van der Waals surface area contributed by atoms with Crippen molar-refractivity contribution in [3.63, 3.8) is 0 Å². The first-order valence-electron chi connectivity index (χ1n) is 6.60. The Labute approximate surface area is 117 Å². The Morgan fingerprint density at radius 1 is 1.10 bits per heavy atom. The molecule has 3 rings (SSSR count). The van der Waals surface area contributed by atoms with Crippen molar-refractivity contribution in [1.82, 2.24) is 19.7 Å². The number of fused-ring (bicyclic) bond motifs is 1. The molecule has 5 heteroatoms. The van der Waals surface area contributed by atoms with Crippen LogP contribution in [0, 0.1) is 13.8 Å². The fourth-order valence-electron chi connectivity index (χ4n) is 2.15. The molecule has 0 spiro atoms. The topological polar surface area (TPSA) is 55.6 Å². The lowest BCUT2D eigenvalue weighted by Gasteiger charge is -2.09. The number of hydrogen-bond acceptors (Lipinski definition) is 4. The van der Waals surface area contributed by atoms with Crippen LogP contribution in [0.1, 0.15) is 17.0 Å². The van der Waals surface area contributed by atoms with Gasteiger partial charge in [0.1, 0.15) is 5.82 Å². The van der Waals surface area contributed by atoms with Gasteiger partial charge in [-0.25, -0.2) is 9.97 Å². The summed E-state index contributed by atoms with van der Waals surface area (Å²) in [6.07, 6.45) is 1.88. The van der Waals surface area contributed by atoms with E-state index in [0.717, 1.165) is 28.2 Å².